The van der Waals surface area contributed by atoms with Crippen LogP contribution in [0.4, 0.5) is 0 Å². The summed E-state index contributed by atoms with van der Waals surface area (Å²) in [6.07, 6.45) is 0. The fourth-order valence-electron chi connectivity index (χ4n) is 2.88. The highest BCUT2D eigenvalue weighted by Gasteiger charge is 2.33. The third kappa shape index (κ3) is 2.93. The number of benzene rings is 3. The summed E-state index contributed by atoms with van der Waals surface area (Å²) in [5.41, 5.74) is 5.06. The number of aliphatic hydroxyl groups is 1. The lowest BCUT2D eigenvalue weighted by atomic mass is 9.80. The van der Waals surface area contributed by atoms with E-state index >= 15 is 0 Å². The van der Waals surface area contributed by atoms with Gasteiger partial charge in [-0.25, -0.2) is 0 Å². The summed E-state index contributed by atoms with van der Waals surface area (Å²) < 4.78 is 0. The summed E-state index contributed by atoms with van der Waals surface area (Å²) in [7, 11) is 0. The van der Waals surface area contributed by atoms with E-state index in [0.29, 0.717) is 0 Å². The fraction of sp³-hybridized carbons (Fsp3) is 0.182. The molecule has 0 spiro atoms. The smallest absolute Gasteiger partial charge is 0.140 e. The Bertz CT molecular complexity index is 670. The summed E-state index contributed by atoms with van der Waals surface area (Å²) >= 11 is 0. The second kappa shape index (κ2) is 6.02. The molecule has 0 fully saturated rings. The van der Waals surface area contributed by atoms with Crippen molar-refractivity contribution in [3.05, 3.63) is 106 Å². The van der Waals surface area contributed by atoms with Gasteiger partial charge in [0.05, 0.1) is 0 Å². The minimum Gasteiger partial charge on any atom is -0.376 e. The molecular formula is C22H22O. The van der Waals surface area contributed by atoms with Crippen LogP contribution in [0.3, 0.4) is 0 Å². The van der Waals surface area contributed by atoms with Crippen LogP contribution in [-0.4, -0.2) is 5.11 Å². The van der Waals surface area contributed by atoms with E-state index in [1.807, 2.05) is 72.8 Å². The van der Waals surface area contributed by atoms with E-state index in [1.165, 1.54) is 16.7 Å². The molecule has 0 aliphatic heterocycles. The van der Waals surface area contributed by atoms with Crippen LogP contribution < -0.4 is 0 Å². The predicted molar refractivity (Wildman–Crippen MR) is 95.6 cm³/mol. The van der Waals surface area contributed by atoms with Gasteiger partial charge in [-0.3, -0.25) is 0 Å². The maximum absolute atomic E-state index is 11.7. The summed E-state index contributed by atoms with van der Waals surface area (Å²) in [6.45, 7) is 6.17. The zero-order chi connectivity index (χ0) is 16.4. The molecule has 0 saturated carbocycles. The minimum absolute atomic E-state index is 0.885. The SMILES string of the molecule is Cc1ccc(C(O)(c2ccc(C)cc2)c2ccc(C)cc2)cc1. The Morgan fingerprint density at radius 1 is 0.478 bits per heavy atom. The molecule has 3 aromatic carbocycles. The topological polar surface area (TPSA) is 20.2 Å². The van der Waals surface area contributed by atoms with E-state index < -0.39 is 5.60 Å². The van der Waals surface area contributed by atoms with Crippen LogP contribution in [0.15, 0.2) is 72.8 Å². The minimum atomic E-state index is -1.14. The Kier molecular flexibility index (Phi) is 4.06. The molecule has 0 bridgehead atoms. The molecule has 116 valence electrons. The molecule has 1 heteroatoms. The maximum Gasteiger partial charge on any atom is 0.140 e. The summed E-state index contributed by atoms with van der Waals surface area (Å²) in [5, 5.41) is 11.7. The van der Waals surface area contributed by atoms with Gasteiger partial charge in [-0.05, 0) is 37.5 Å². The molecule has 23 heavy (non-hydrogen) atoms. The number of hydrogen-bond donors (Lipinski definition) is 1. The average Bonchev–Trinajstić information content (AvgIpc) is 2.56. The Morgan fingerprint density at radius 3 is 0.913 bits per heavy atom. The molecule has 1 nitrogen and oxygen atoms in total. The number of rotatable bonds is 3. The zero-order valence-corrected chi connectivity index (χ0v) is 13.9. The van der Waals surface area contributed by atoms with E-state index in [0.717, 1.165) is 16.7 Å². The zero-order valence-electron chi connectivity index (χ0n) is 13.9. The lowest BCUT2D eigenvalue weighted by Gasteiger charge is -2.30. The van der Waals surface area contributed by atoms with Crippen LogP contribution in [0.5, 0.6) is 0 Å². The van der Waals surface area contributed by atoms with E-state index in [9.17, 15) is 5.11 Å². The van der Waals surface area contributed by atoms with Crippen LogP contribution in [0.25, 0.3) is 0 Å². The highest BCUT2D eigenvalue weighted by atomic mass is 16.3. The van der Waals surface area contributed by atoms with Gasteiger partial charge in [0.1, 0.15) is 5.60 Å². The summed E-state index contributed by atoms with van der Waals surface area (Å²) in [6, 6.07) is 24.3. The molecular weight excluding hydrogens is 280 g/mol. The molecule has 0 atom stereocenters. The van der Waals surface area contributed by atoms with Gasteiger partial charge in [0.15, 0.2) is 0 Å². The third-order valence-corrected chi connectivity index (χ3v) is 4.41. The van der Waals surface area contributed by atoms with E-state index in [2.05, 4.69) is 20.8 Å². The van der Waals surface area contributed by atoms with Gasteiger partial charge >= 0.3 is 0 Å². The van der Waals surface area contributed by atoms with Gasteiger partial charge in [0.25, 0.3) is 0 Å². The molecule has 3 aromatic rings. The van der Waals surface area contributed by atoms with Crippen molar-refractivity contribution < 1.29 is 5.11 Å². The quantitative estimate of drug-likeness (QED) is 0.683. The van der Waals surface area contributed by atoms with Crippen LogP contribution in [0.1, 0.15) is 33.4 Å². The van der Waals surface area contributed by atoms with Crippen molar-refractivity contribution >= 4 is 0 Å². The van der Waals surface area contributed by atoms with Crippen LogP contribution >= 0.6 is 0 Å². The highest BCUT2D eigenvalue weighted by molar-refractivity contribution is 5.48. The van der Waals surface area contributed by atoms with E-state index in [4.69, 9.17) is 0 Å². The van der Waals surface area contributed by atoms with Crippen molar-refractivity contribution in [2.24, 2.45) is 0 Å². The Morgan fingerprint density at radius 2 is 0.696 bits per heavy atom. The lowest BCUT2D eigenvalue weighted by Crippen LogP contribution is -2.28. The fourth-order valence-corrected chi connectivity index (χ4v) is 2.88. The predicted octanol–water partition coefficient (Wildman–Crippen LogP) is 4.90. The van der Waals surface area contributed by atoms with Gasteiger partial charge in [-0.1, -0.05) is 89.5 Å². The second-order valence-electron chi connectivity index (χ2n) is 6.31. The standard InChI is InChI=1S/C22H22O/c1-16-4-10-19(11-5-16)22(23,20-12-6-17(2)7-13-20)21-14-8-18(3)9-15-21/h4-15,23H,1-3H3. The molecule has 1 N–H and O–H groups in total. The van der Waals surface area contributed by atoms with Crippen LogP contribution in [0.2, 0.25) is 0 Å². The van der Waals surface area contributed by atoms with Crippen molar-refractivity contribution in [3.8, 4) is 0 Å². The molecule has 0 aliphatic carbocycles. The third-order valence-electron chi connectivity index (χ3n) is 4.41. The van der Waals surface area contributed by atoms with Crippen LogP contribution in [0, 0.1) is 20.8 Å². The molecule has 0 amide bonds. The van der Waals surface area contributed by atoms with Crippen molar-refractivity contribution in [1.29, 1.82) is 0 Å². The lowest BCUT2D eigenvalue weighted by molar-refractivity contribution is 0.125. The first-order valence-corrected chi connectivity index (χ1v) is 7.94. The Labute approximate surface area is 138 Å². The molecule has 0 aliphatic rings. The van der Waals surface area contributed by atoms with Gasteiger partial charge in [0.2, 0.25) is 0 Å². The molecule has 0 aromatic heterocycles. The first kappa shape index (κ1) is 15.5. The normalized spacial score (nSPS) is 11.5. The van der Waals surface area contributed by atoms with Crippen LogP contribution in [-0.2, 0) is 5.60 Å². The second-order valence-corrected chi connectivity index (χ2v) is 6.31. The first-order chi connectivity index (χ1) is 11.0. The van der Waals surface area contributed by atoms with Gasteiger partial charge in [-0.15, -0.1) is 0 Å². The van der Waals surface area contributed by atoms with Gasteiger partial charge in [-0.2, -0.15) is 0 Å². The molecule has 0 radical (unpaired) electrons. The molecule has 0 saturated heterocycles. The highest BCUT2D eigenvalue weighted by Crippen LogP contribution is 2.36. The summed E-state index contributed by atoms with van der Waals surface area (Å²) in [4.78, 5) is 0. The van der Waals surface area contributed by atoms with Crippen molar-refractivity contribution in [2.45, 2.75) is 26.4 Å². The van der Waals surface area contributed by atoms with Gasteiger partial charge in [0, 0.05) is 0 Å². The first-order valence-electron chi connectivity index (χ1n) is 7.94. The Balaban J connectivity index is 2.21. The molecule has 0 unspecified atom stereocenters. The number of aryl methyl sites for hydroxylation is 3. The van der Waals surface area contributed by atoms with Crippen molar-refractivity contribution in [1.82, 2.24) is 0 Å². The molecule has 3 rings (SSSR count). The Hall–Kier alpha value is -2.38. The van der Waals surface area contributed by atoms with Gasteiger partial charge < -0.3 is 5.11 Å². The molecule has 0 heterocycles. The number of hydrogen-bond acceptors (Lipinski definition) is 1. The van der Waals surface area contributed by atoms with E-state index in [1.54, 1.807) is 0 Å². The van der Waals surface area contributed by atoms with Crippen molar-refractivity contribution in [2.75, 3.05) is 0 Å². The largest absolute Gasteiger partial charge is 0.376 e. The van der Waals surface area contributed by atoms with E-state index in [-0.39, 0.29) is 0 Å². The summed E-state index contributed by atoms with van der Waals surface area (Å²) in [5.74, 6) is 0. The van der Waals surface area contributed by atoms with Crippen molar-refractivity contribution in [3.63, 3.8) is 0 Å². The monoisotopic (exact) mass is 302 g/mol. The maximum atomic E-state index is 11.7. The average molecular weight is 302 g/mol.